The highest BCUT2D eigenvalue weighted by Gasteiger charge is 2.14. The van der Waals surface area contributed by atoms with Crippen LogP contribution in [0.1, 0.15) is 66.9 Å². The number of hydrogen-bond donors (Lipinski definition) is 3. The topological polar surface area (TPSA) is 143 Å². The van der Waals surface area contributed by atoms with E-state index in [1.807, 2.05) is 6.07 Å². The second-order valence-electron chi connectivity index (χ2n) is 9.79. The molecule has 0 aromatic heterocycles. The summed E-state index contributed by atoms with van der Waals surface area (Å²) in [5, 5.41) is 9.43. The number of benzene rings is 3. The third-order valence-corrected chi connectivity index (χ3v) is 6.52. The summed E-state index contributed by atoms with van der Waals surface area (Å²) in [6.45, 7) is 3.27. The quantitative estimate of drug-likeness (QED) is 0.0536. The molecule has 0 aliphatic heterocycles. The molecular formula is C33H40N2O7. The van der Waals surface area contributed by atoms with Crippen molar-refractivity contribution < 1.29 is 33.6 Å². The van der Waals surface area contributed by atoms with Gasteiger partial charge in [-0.05, 0) is 91.4 Å². The minimum absolute atomic E-state index is 0.163. The Morgan fingerprint density at radius 1 is 0.833 bits per heavy atom. The van der Waals surface area contributed by atoms with Crippen molar-refractivity contribution in [2.75, 3.05) is 31.8 Å². The van der Waals surface area contributed by atoms with Crippen molar-refractivity contribution in [2.24, 2.45) is 0 Å². The maximum Gasteiger partial charge on any atom is 0.336 e. The minimum Gasteiger partial charge on any atom is -0.494 e. The molecule has 3 aromatic carbocycles. The number of rotatable bonds is 17. The maximum atomic E-state index is 12.3. The van der Waals surface area contributed by atoms with Gasteiger partial charge in [0.25, 0.3) is 0 Å². The van der Waals surface area contributed by atoms with Gasteiger partial charge in [-0.3, -0.25) is 0 Å². The van der Waals surface area contributed by atoms with E-state index in [1.54, 1.807) is 55.7 Å². The third kappa shape index (κ3) is 10.1. The van der Waals surface area contributed by atoms with Gasteiger partial charge in [0.05, 0.1) is 25.9 Å². The van der Waals surface area contributed by atoms with Crippen molar-refractivity contribution in [1.82, 2.24) is 0 Å². The molecule has 0 heterocycles. The Morgan fingerprint density at radius 2 is 1.55 bits per heavy atom. The molecule has 0 fully saturated rings. The van der Waals surface area contributed by atoms with Crippen LogP contribution in [0.4, 0.5) is 11.4 Å². The zero-order valence-corrected chi connectivity index (χ0v) is 24.3. The first-order chi connectivity index (χ1) is 20.3. The summed E-state index contributed by atoms with van der Waals surface area (Å²) in [6, 6.07) is 15.4. The zero-order valence-electron chi connectivity index (χ0n) is 24.3. The van der Waals surface area contributed by atoms with E-state index in [9.17, 15) is 14.7 Å². The summed E-state index contributed by atoms with van der Waals surface area (Å²) in [4.78, 5) is 23.8. The molecule has 9 nitrogen and oxygen atoms in total. The van der Waals surface area contributed by atoms with Crippen molar-refractivity contribution in [3.8, 4) is 23.0 Å². The van der Waals surface area contributed by atoms with Crippen LogP contribution in [0.2, 0.25) is 0 Å². The van der Waals surface area contributed by atoms with Gasteiger partial charge in [0.2, 0.25) is 0 Å². The molecule has 0 bridgehead atoms. The monoisotopic (exact) mass is 576 g/mol. The van der Waals surface area contributed by atoms with Crippen molar-refractivity contribution in [1.29, 1.82) is 0 Å². The molecule has 0 radical (unpaired) electrons. The highest BCUT2D eigenvalue weighted by Crippen LogP contribution is 2.29. The number of ether oxygens (including phenoxy) is 4. The normalized spacial score (nSPS) is 10.9. The first kappa shape index (κ1) is 31.9. The molecule has 9 heteroatoms. The van der Waals surface area contributed by atoms with E-state index in [1.165, 1.54) is 12.1 Å². The van der Waals surface area contributed by atoms with Gasteiger partial charge in [-0.15, -0.1) is 0 Å². The SMILES string of the molecule is CCCCOc1ccc(OC(=O)/C=C/c2ccc(OCCCCCCc3c(N)cc(N)cc3C(=O)O)c(OC)c2)cc1. The van der Waals surface area contributed by atoms with E-state index in [0.717, 1.165) is 49.8 Å². The van der Waals surface area contributed by atoms with E-state index in [2.05, 4.69) is 6.92 Å². The van der Waals surface area contributed by atoms with Gasteiger partial charge >= 0.3 is 11.9 Å². The van der Waals surface area contributed by atoms with Crippen LogP contribution in [0.25, 0.3) is 6.08 Å². The van der Waals surface area contributed by atoms with Crippen LogP contribution in [0.5, 0.6) is 23.0 Å². The zero-order chi connectivity index (χ0) is 30.3. The molecule has 3 rings (SSSR count). The molecule has 0 spiro atoms. The van der Waals surface area contributed by atoms with E-state index in [0.29, 0.717) is 53.8 Å². The van der Waals surface area contributed by atoms with Crippen molar-refractivity contribution in [2.45, 2.75) is 51.9 Å². The van der Waals surface area contributed by atoms with Crippen LogP contribution in [-0.2, 0) is 11.2 Å². The predicted octanol–water partition coefficient (Wildman–Crippen LogP) is 6.54. The lowest BCUT2D eigenvalue weighted by Crippen LogP contribution is -2.08. The predicted molar refractivity (Wildman–Crippen MR) is 164 cm³/mol. The maximum absolute atomic E-state index is 12.3. The molecule has 0 unspecified atom stereocenters. The summed E-state index contributed by atoms with van der Waals surface area (Å²) in [5.41, 5.74) is 14.0. The average Bonchev–Trinajstić information content (AvgIpc) is 2.97. The molecule has 0 saturated heterocycles. The molecule has 3 aromatic rings. The Hall–Kier alpha value is -4.66. The van der Waals surface area contributed by atoms with Gasteiger partial charge in [0.15, 0.2) is 11.5 Å². The number of nitrogen functional groups attached to an aromatic ring is 2. The first-order valence-corrected chi connectivity index (χ1v) is 14.2. The fraction of sp³-hybridized carbons (Fsp3) is 0.333. The lowest BCUT2D eigenvalue weighted by atomic mass is 9.98. The van der Waals surface area contributed by atoms with Gasteiger partial charge < -0.3 is 35.5 Å². The minimum atomic E-state index is -1.03. The number of methoxy groups -OCH3 is 1. The number of anilines is 2. The lowest BCUT2D eigenvalue weighted by Gasteiger charge is -2.12. The number of aromatic carboxylic acids is 1. The van der Waals surface area contributed by atoms with Gasteiger partial charge in [-0.2, -0.15) is 0 Å². The van der Waals surface area contributed by atoms with E-state index in [4.69, 9.17) is 30.4 Å². The third-order valence-electron chi connectivity index (χ3n) is 6.52. The standard InChI is InChI=1S/C33H40N2O7/c1-3-4-18-40-25-12-14-26(15-13-25)42-32(36)17-11-23-10-16-30(31(20-23)39-2)41-19-8-6-5-7-9-27-28(33(37)38)21-24(34)22-29(27)35/h10-17,20-22H,3-9,18-19,34-35H2,1-2H3,(H,37,38)/b17-11+. The molecule has 0 amide bonds. The highest BCUT2D eigenvalue weighted by molar-refractivity contribution is 5.92. The van der Waals surface area contributed by atoms with Crippen molar-refractivity contribution in [3.63, 3.8) is 0 Å². The second-order valence-corrected chi connectivity index (χ2v) is 9.79. The number of unbranched alkanes of at least 4 members (excludes halogenated alkanes) is 4. The van der Waals surface area contributed by atoms with E-state index < -0.39 is 11.9 Å². The number of carbonyl (C=O) groups excluding carboxylic acids is 1. The molecule has 5 N–H and O–H groups in total. The number of carboxylic acid groups (broad SMARTS) is 1. The Kier molecular flexibility index (Phi) is 12.6. The summed E-state index contributed by atoms with van der Waals surface area (Å²) in [7, 11) is 1.56. The van der Waals surface area contributed by atoms with Gasteiger partial charge in [0, 0.05) is 17.5 Å². The summed E-state index contributed by atoms with van der Waals surface area (Å²) in [5.74, 6) is 0.829. The van der Waals surface area contributed by atoms with Gasteiger partial charge in [-0.25, -0.2) is 9.59 Å². The number of carboxylic acids is 1. The number of carbonyl (C=O) groups is 2. The van der Waals surface area contributed by atoms with E-state index >= 15 is 0 Å². The molecule has 0 atom stereocenters. The van der Waals surface area contributed by atoms with Gasteiger partial charge in [0.1, 0.15) is 11.5 Å². The first-order valence-electron chi connectivity index (χ1n) is 14.2. The van der Waals surface area contributed by atoms with Crippen molar-refractivity contribution in [3.05, 3.63) is 77.4 Å². The number of hydrogen-bond acceptors (Lipinski definition) is 8. The van der Waals surface area contributed by atoms with Crippen LogP contribution >= 0.6 is 0 Å². The summed E-state index contributed by atoms with van der Waals surface area (Å²) < 4.78 is 22.4. The Balaban J connectivity index is 1.41. The lowest BCUT2D eigenvalue weighted by molar-refractivity contribution is -0.128. The molecular weight excluding hydrogens is 536 g/mol. The molecule has 0 aliphatic carbocycles. The number of esters is 1. The fourth-order valence-corrected chi connectivity index (χ4v) is 4.29. The molecule has 0 aliphatic rings. The Bertz CT molecular complexity index is 1350. The van der Waals surface area contributed by atoms with E-state index in [-0.39, 0.29) is 5.56 Å². The van der Waals surface area contributed by atoms with Gasteiger partial charge in [-0.1, -0.05) is 32.3 Å². The van der Waals surface area contributed by atoms with Crippen LogP contribution in [-0.4, -0.2) is 37.4 Å². The molecule has 224 valence electrons. The second kappa shape index (κ2) is 16.6. The van der Waals surface area contributed by atoms with Crippen molar-refractivity contribution >= 4 is 29.4 Å². The fourth-order valence-electron chi connectivity index (χ4n) is 4.29. The Labute approximate surface area is 247 Å². The van der Waals surface area contributed by atoms with Crippen LogP contribution in [0.15, 0.2) is 60.7 Å². The Morgan fingerprint density at radius 3 is 2.26 bits per heavy atom. The summed E-state index contributed by atoms with van der Waals surface area (Å²) >= 11 is 0. The summed E-state index contributed by atoms with van der Waals surface area (Å²) in [6.07, 6.45) is 9.09. The van der Waals surface area contributed by atoms with Crippen LogP contribution in [0, 0.1) is 0 Å². The van der Waals surface area contributed by atoms with Crippen LogP contribution in [0.3, 0.4) is 0 Å². The average molecular weight is 577 g/mol. The number of nitrogens with two attached hydrogens (primary N) is 2. The molecule has 0 saturated carbocycles. The van der Waals surface area contributed by atoms with Crippen LogP contribution < -0.4 is 30.4 Å². The smallest absolute Gasteiger partial charge is 0.336 e. The highest BCUT2D eigenvalue weighted by atomic mass is 16.5. The largest absolute Gasteiger partial charge is 0.494 e. The molecule has 42 heavy (non-hydrogen) atoms.